The lowest BCUT2D eigenvalue weighted by Crippen LogP contribution is -3.19. The van der Waals surface area contributed by atoms with Gasteiger partial charge in [-0.1, -0.05) is 41.9 Å². The lowest BCUT2D eigenvalue weighted by molar-refractivity contribution is -0.915. The number of halogens is 1. The van der Waals surface area contributed by atoms with Gasteiger partial charge in [-0.05, 0) is 24.3 Å². The number of imide groups is 1. The van der Waals surface area contributed by atoms with Crippen LogP contribution in [0, 0.1) is 0 Å². The van der Waals surface area contributed by atoms with Crippen molar-refractivity contribution in [2.75, 3.05) is 36.0 Å². The highest BCUT2D eigenvalue weighted by Gasteiger charge is 2.46. The van der Waals surface area contributed by atoms with E-state index in [-0.39, 0.29) is 24.3 Å². The predicted octanol–water partition coefficient (Wildman–Crippen LogP) is 1.38. The number of nitrogens with one attached hydrogen (secondary N) is 1. The summed E-state index contributed by atoms with van der Waals surface area (Å²) < 4.78 is 0. The molecule has 2 aliphatic rings. The van der Waals surface area contributed by atoms with E-state index in [1.54, 1.807) is 0 Å². The fourth-order valence-corrected chi connectivity index (χ4v) is 4.15. The standard InChI is InChI=1S/C20H20ClN3O2/c21-16-8-4-5-9-17(16)22-10-12-23(13-11-22)18-14-19(25)24(20(18)26)15-6-2-1-3-7-15/h1-9,18H,10-14H2/p+1/t18-/m1/s1. The number of amides is 2. The van der Waals surface area contributed by atoms with Crippen LogP contribution in [0.4, 0.5) is 11.4 Å². The quantitative estimate of drug-likeness (QED) is 0.830. The number of para-hydroxylation sites is 2. The zero-order chi connectivity index (χ0) is 18.1. The topological polar surface area (TPSA) is 45.1 Å². The fourth-order valence-electron chi connectivity index (χ4n) is 3.89. The SMILES string of the molecule is O=C1C[C@@H]([NH+]2CCN(c3ccccc3Cl)CC2)C(=O)N1c1ccccc1. The third kappa shape index (κ3) is 3.08. The van der Waals surface area contributed by atoms with Gasteiger partial charge in [-0.3, -0.25) is 9.59 Å². The normalized spacial score (nSPS) is 21.5. The summed E-state index contributed by atoms with van der Waals surface area (Å²) in [5, 5.41) is 0.748. The van der Waals surface area contributed by atoms with E-state index in [0.717, 1.165) is 36.9 Å². The summed E-state index contributed by atoms with van der Waals surface area (Å²) in [6.07, 6.45) is 0.287. The van der Waals surface area contributed by atoms with Gasteiger partial charge < -0.3 is 9.80 Å². The minimum Gasteiger partial charge on any atom is -0.359 e. The van der Waals surface area contributed by atoms with Crippen LogP contribution in [-0.2, 0) is 9.59 Å². The van der Waals surface area contributed by atoms with Crippen molar-refractivity contribution in [1.82, 2.24) is 0 Å². The van der Waals surface area contributed by atoms with Crippen LogP contribution >= 0.6 is 11.6 Å². The van der Waals surface area contributed by atoms with E-state index < -0.39 is 0 Å². The number of nitrogens with zero attached hydrogens (tertiary/aromatic N) is 2. The first-order valence-electron chi connectivity index (χ1n) is 8.91. The van der Waals surface area contributed by atoms with E-state index >= 15 is 0 Å². The van der Waals surface area contributed by atoms with Crippen LogP contribution in [0.2, 0.25) is 5.02 Å². The number of quaternary nitrogens is 1. The van der Waals surface area contributed by atoms with Crippen molar-refractivity contribution in [2.24, 2.45) is 0 Å². The number of rotatable bonds is 3. The third-order valence-corrected chi connectivity index (χ3v) is 5.57. The molecular weight excluding hydrogens is 350 g/mol. The molecule has 2 amide bonds. The number of benzene rings is 2. The average molecular weight is 371 g/mol. The Morgan fingerprint density at radius 2 is 1.58 bits per heavy atom. The van der Waals surface area contributed by atoms with Crippen LogP contribution in [0.1, 0.15) is 6.42 Å². The first kappa shape index (κ1) is 17.1. The summed E-state index contributed by atoms with van der Waals surface area (Å²) >= 11 is 6.30. The van der Waals surface area contributed by atoms with Gasteiger partial charge in [-0.15, -0.1) is 0 Å². The molecule has 4 rings (SSSR count). The summed E-state index contributed by atoms with van der Waals surface area (Å²) in [5.74, 6) is -0.186. The summed E-state index contributed by atoms with van der Waals surface area (Å²) in [6, 6.07) is 16.7. The maximum Gasteiger partial charge on any atom is 0.292 e. The van der Waals surface area contributed by atoms with E-state index in [9.17, 15) is 9.59 Å². The monoisotopic (exact) mass is 370 g/mol. The molecule has 0 bridgehead atoms. The summed E-state index contributed by atoms with van der Waals surface area (Å²) in [7, 11) is 0. The van der Waals surface area contributed by atoms with Crippen molar-refractivity contribution in [3.05, 3.63) is 59.6 Å². The van der Waals surface area contributed by atoms with Gasteiger partial charge in [0.25, 0.3) is 5.91 Å². The lowest BCUT2D eigenvalue weighted by atomic mass is 10.1. The van der Waals surface area contributed by atoms with E-state index in [1.807, 2.05) is 54.6 Å². The summed E-state index contributed by atoms with van der Waals surface area (Å²) in [5.41, 5.74) is 1.70. The van der Waals surface area contributed by atoms with Gasteiger partial charge in [0.1, 0.15) is 0 Å². The highest BCUT2D eigenvalue weighted by molar-refractivity contribution is 6.33. The summed E-state index contributed by atoms with van der Waals surface area (Å²) in [6.45, 7) is 3.28. The molecule has 2 aromatic rings. The minimum atomic E-state index is -0.281. The Bertz CT molecular complexity index is 819. The molecule has 0 saturated carbocycles. The number of anilines is 2. The van der Waals surface area contributed by atoms with E-state index in [4.69, 9.17) is 11.6 Å². The molecule has 0 unspecified atom stereocenters. The Morgan fingerprint density at radius 1 is 0.923 bits per heavy atom. The minimum absolute atomic E-state index is 0.0811. The fraction of sp³-hybridized carbons (Fsp3) is 0.300. The zero-order valence-electron chi connectivity index (χ0n) is 14.4. The molecule has 2 saturated heterocycles. The smallest absolute Gasteiger partial charge is 0.292 e. The number of hydrogen-bond donors (Lipinski definition) is 1. The Kier molecular flexibility index (Phi) is 4.66. The maximum absolute atomic E-state index is 12.9. The molecule has 0 radical (unpaired) electrons. The van der Waals surface area contributed by atoms with Crippen LogP contribution < -0.4 is 14.7 Å². The molecule has 26 heavy (non-hydrogen) atoms. The Labute approximate surface area is 157 Å². The van der Waals surface area contributed by atoms with Crippen LogP contribution in [0.3, 0.4) is 0 Å². The van der Waals surface area contributed by atoms with Crippen molar-refractivity contribution < 1.29 is 14.5 Å². The Balaban J connectivity index is 1.44. The Morgan fingerprint density at radius 3 is 2.27 bits per heavy atom. The van der Waals surface area contributed by atoms with Crippen LogP contribution in [0.15, 0.2) is 54.6 Å². The summed E-state index contributed by atoms with van der Waals surface area (Å²) in [4.78, 5) is 30.1. The molecule has 1 atom stereocenters. The van der Waals surface area contributed by atoms with Crippen molar-refractivity contribution >= 4 is 34.8 Å². The van der Waals surface area contributed by atoms with Crippen LogP contribution in [-0.4, -0.2) is 44.0 Å². The van der Waals surface area contributed by atoms with Gasteiger partial charge in [0, 0.05) is 0 Å². The average Bonchev–Trinajstić information content (AvgIpc) is 2.97. The van der Waals surface area contributed by atoms with Gasteiger partial charge >= 0.3 is 0 Å². The number of piperazine rings is 1. The van der Waals surface area contributed by atoms with Crippen molar-refractivity contribution in [2.45, 2.75) is 12.5 Å². The van der Waals surface area contributed by atoms with E-state index in [2.05, 4.69) is 4.90 Å². The second-order valence-electron chi connectivity index (χ2n) is 6.76. The van der Waals surface area contributed by atoms with E-state index in [1.165, 1.54) is 9.80 Å². The largest absolute Gasteiger partial charge is 0.359 e. The molecule has 0 aliphatic carbocycles. The zero-order valence-corrected chi connectivity index (χ0v) is 15.2. The molecule has 6 heteroatoms. The molecule has 2 fully saturated rings. The van der Waals surface area contributed by atoms with Crippen LogP contribution in [0.25, 0.3) is 0 Å². The van der Waals surface area contributed by atoms with Gasteiger partial charge in [0.05, 0.1) is 49.0 Å². The molecule has 1 N–H and O–H groups in total. The number of hydrogen-bond acceptors (Lipinski definition) is 3. The van der Waals surface area contributed by atoms with Gasteiger partial charge in [-0.25, -0.2) is 4.90 Å². The predicted molar refractivity (Wildman–Crippen MR) is 102 cm³/mol. The molecule has 5 nitrogen and oxygen atoms in total. The number of carbonyl (C=O) groups excluding carboxylic acids is 2. The highest BCUT2D eigenvalue weighted by atomic mass is 35.5. The molecule has 2 aliphatic heterocycles. The highest BCUT2D eigenvalue weighted by Crippen LogP contribution is 2.25. The van der Waals surface area contributed by atoms with E-state index in [0.29, 0.717) is 5.69 Å². The van der Waals surface area contributed by atoms with Gasteiger partial charge in [0.15, 0.2) is 6.04 Å². The first-order chi connectivity index (χ1) is 12.6. The van der Waals surface area contributed by atoms with Gasteiger partial charge in [0.2, 0.25) is 5.91 Å². The van der Waals surface area contributed by atoms with Crippen molar-refractivity contribution in [1.29, 1.82) is 0 Å². The Hall–Kier alpha value is -2.37. The van der Waals surface area contributed by atoms with Crippen LogP contribution in [0.5, 0.6) is 0 Å². The molecule has 2 heterocycles. The second-order valence-corrected chi connectivity index (χ2v) is 7.16. The van der Waals surface area contributed by atoms with Crippen molar-refractivity contribution in [3.8, 4) is 0 Å². The second kappa shape index (κ2) is 7.09. The molecule has 0 spiro atoms. The third-order valence-electron chi connectivity index (χ3n) is 5.25. The molecule has 2 aromatic carbocycles. The maximum atomic E-state index is 12.9. The first-order valence-corrected chi connectivity index (χ1v) is 9.29. The molecule has 0 aromatic heterocycles. The molecular formula is C20H21ClN3O2+. The number of carbonyl (C=O) groups is 2. The van der Waals surface area contributed by atoms with Gasteiger partial charge in [-0.2, -0.15) is 0 Å². The van der Waals surface area contributed by atoms with Crippen molar-refractivity contribution in [3.63, 3.8) is 0 Å². The molecule has 134 valence electrons. The lowest BCUT2D eigenvalue weighted by Gasteiger charge is -2.36.